The maximum Gasteiger partial charge on any atom is 0.0940 e. The van der Waals surface area contributed by atoms with E-state index in [1.54, 1.807) is 0 Å². The van der Waals surface area contributed by atoms with Crippen LogP contribution in [0.1, 0.15) is 31.4 Å². The Hall–Kier alpha value is -0.860. The van der Waals surface area contributed by atoms with Crippen LogP contribution in [0.5, 0.6) is 0 Å². The van der Waals surface area contributed by atoms with Crippen molar-refractivity contribution in [2.75, 3.05) is 0 Å². The lowest BCUT2D eigenvalue weighted by Gasteiger charge is -2.18. The van der Waals surface area contributed by atoms with Crippen molar-refractivity contribution in [3.8, 4) is 0 Å². The van der Waals surface area contributed by atoms with Gasteiger partial charge < -0.3 is 10.8 Å². The molecule has 2 nitrogen and oxygen atoms in total. The second-order valence-corrected chi connectivity index (χ2v) is 3.31. The zero-order valence-corrected chi connectivity index (χ0v) is 7.98. The van der Waals surface area contributed by atoms with E-state index in [4.69, 9.17) is 5.73 Å². The molecule has 1 aromatic rings. The SMILES string of the molecule is CCC[C@@H](N)[C@@H](O)c1ccccc1. The maximum atomic E-state index is 9.80. The van der Waals surface area contributed by atoms with Crippen LogP contribution in [0.15, 0.2) is 30.3 Å². The first-order chi connectivity index (χ1) is 6.25. The second-order valence-electron chi connectivity index (χ2n) is 3.31. The largest absolute Gasteiger partial charge is 0.387 e. The minimum atomic E-state index is -0.527. The minimum absolute atomic E-state index is 0.146. The summed E-state index contributed by atoms with van der Waals surface area (Å²) in [6.45, 7) is 2.07. The van der Waals surface area contributed by atoms with Gasteiger partial charge in [0.2, 0.25) is 0 Å². The van der Waals surface area contributed by atoms with E-state index in [2.05, 4.69) is 6.92 Å². The van der Waals surface area contributed by atoms with Gasteiger partial charge in [-0.1, -0.05) is 43.7 Å². The van der Waals surface area contributed by atoms with Gasteiger partial charge in [-0.3, -0.25) is 0 Å². The van der Waals surface area contributed by atoms with E-state index in [1.807, 2.05) is 30.3 Å². The molecular formula is C11H17NO. The Morgan fingerprint density at radius 1 is 1.31 bits per heavy atom. The van der Waals surface area contributed by atoms with E-state index < -0.39 is 6.10 Å². The lowest BCUT2D eigenvalue weighted by molar-refractivity contribution is 0.142. The summed E-state index contributed by atoms with van der Waals surface area (Å²) >= 11 is 0. The second kappa shape index (κ2) is 5.00. The Kier molecular flexibility index (Phi) is 3.93. The molecule has 0 amide bonds. The predicted molar refractivity (Wildman–Crippen MR) is 54.3 cm³/mol. The van der Waals surface area contributed by atoms with E-state index >= 15 is 0 Å². The van der Waals surface area contributed by atoms with Gasteiger partial charge in [-0.05, 0) is 12.0 Å². The average molecular weight is 179 g/mol. The first kappa shape index (κ1) is 10.2. The molecule has 0 spiro atoms. The molecule has 0 aromatic heterocycles. The molecule has 0 aliphatic heterocycles. The highest BCUT2D eigenvalue weighted by molar-refractivity contribution is 5.18. The lowest BCUT2D eigenvalue weighted by atomic mass is 10.00. The average Bonchev–Trinajstić information content (AvgIpc) is 2.18. The van der Waals surface area contributed by atoms with Crippen molar-refractivity contribution >= 4 is 0 Å². The number of aliphatic hydroxyl groups excluding tert-OH is 1. The summed E-state index contributed by atoms with van der Waals surface area (Å²) in [5.41, 5.74) is 6.72. The van der Waals surface area contributed by atoms with Gasteiger partial charge in [0.15, 0.2) is 0 Å². The molecule has 0 fully saturated rings. The third-order valence-corrected chi connectivity index (χ3v) is 2.17. The van der Waals surface area contributed by atoms with Gasteiger partial charge in [0.05, 0.1) is 6.10 Å². The van der Waals surface area contributed by atoms with Gasteiger partial charge >= 0.3 is 0 Å². The normalized spacial score (nSPS) is 15.3. The smallest absolute Gasteiger partial charge is 0.0940 e. The van der Waals surface area contributed by atoms with Gasteiger partial charge in [-0.25, -0.2) is 0 Å². The fraction of sp³-hybridized carbons (Fsp3) is 0.455. The summed E-state index contributed by atoms with van der Waals surface area (Å²) in [5.74, 6) is 0. The molecule has 0 heterocycles. The van der Waals surface area contributed by atoms with Crippen molar-refractivity contribution in [1.82, 2.24) is 0 Å². The summed E-state index contributed by atoms with van der Waals surface area (Å²) in [4.78, 5) is 0. The highest BCUT2D eigenvalue weighted by atomic mass is 16.3. The molecule has 13 heavy (non-hydrogen) atoms. The van der Waals surface area contributed by atoms with Gasteiger partial charge in [-0.2, -0.15) is 0 Å². The summed E-state index contributed by atoms with van der Waals surface area (Å²) in [6, 6.07) is 9.42. The molecule has 0 radical (unpaired) electrons. The van der Waals surface area contributed by atoms with Crippen molar-refractivity contribution in [2.45, 2.75) is 31.9 Å². The molecule has 1 aromatic carbocycles. The molecule has 3 N–H and O–H groups in total. The molecule has 1 rings (SSSR count). The quantitative estimate of drug-likeness (QED) is 0.741. The van der Waals surface area contributed by atoms with Crippen LogP contribution >= 0.6 is 0 Å². The molecule has 2 atom stereocenters. The van der Waals surface area contributed by atoms with Gasteiger partial charge in [0.25, 0.3) is 0 Å². The van der Waals surface area contributed by atoms with Crippen LogP contribution in [0.4, 0.5) is 0 Å². The molecule has 0 aliphatic carbocycles. The van der Waals surface area contributed by atoms with Gasteiger partial charge in [0.1, 0.15) is 0 Å². The highest BCUT2D eigenvalue weighted by Gasteiger charge is 2.14. The minimum Gasteiger partial charge on any atom is -0.387 e. The van der Waals surface area contributed by atoms with Crippen LogP contribution in [-0.4, -0.2) is 11.1 Å². The third-order valence-electron chi connectivity index (χ3n) is 2.17. The molecule has 0 bridgehead atoms. The first-order valence-electron chi connectivity index (χ1n) is 4.74. The Morgan fingerprint density at radius 3 is 2.46 bits per heavy atom. The number of rotatable bonds is 4. The summed E-state index contributed by atoms with van der Waals surface area (Å²) < 4.78 is 0. The topological polar surface area (TPSA) is 46.2 Å². The molecule has 0 unspecified atom stereocenters. The van der Waals surface area contributed by atoms with Crippen LogP contribution in [0.25, 0.3) is 0 Å². The van der Waals surface area contributed by atoms with Crippen LogP contribution in [0.2, 0.25) is 0 Å². The molecule has 0 saturated heterocycles. The number of hydrogen-bond acceptors (Lipinski definition) is 2. The fourth-order valence-electron chi connectivity index (χ4n) is 1.39. The summed E-state index contributed by atoms with van der Waals surface area (Å²) in [6.07, 6.45) is 1.34. The predicted octanol–water partition coefficient (Wildman–Crippen LogP) is 1.85. The van der Waals surface area contributed by atoms with Crippen molar-refractivity contribution in [1.29, 1.82) is 0 Å². The first-order valence-corrected chi connectivity index (χ1v) is 4.74. The van der Waals surface area contributed by atoms with Crippen LogP contribution in [0.3, 0.4) is 0 Å². The standard InChI is InChI=1S/C11H17NO/c1-2-6-10(12)11(13)9-7-4-3-5-8-9/h3-5,7-8,10-11,13H,2,6,12H2,1H3/t10-,11+/m1/s1. The Labute approximate surface area is 79.4 Å². The van der Waals surface area contributed by atoms with Crippen LogP contribution < -0.4 is 5.73 Å². The zero-order chi connectivity index (χ0) is 9.68. The van der Waals surface area contributed by atoms with E-state index in [-0.39, 0.29) is 6.04 Å². The third kappa shape index (κ3) is 2.83. The monoisotopic (exact) mass is 179 g/mol. The number of hydrogen-bond donors (Lipinski definition) is 2. The van der Waals surface area contributed by atoms with Gasteiger partial charge in [-0.15, -0.1) is 0 Å². The Bertz CT molecular complexity index is 235. The molecule has 0 aliphatic rings. The fourth-order valence-corrected chi connectivity index (χ4v) is 1.39. The molecule has 2 heteroatoms. The Morgan fingerprint density at radius 2 is 1.92 bits per heavy atom. The zero-order valence-electron chi connectivity index (χ0n) is 7.98. The number of aliphatic hydroxyl groups is 1. The molecular weight excluding hydrogens is 162 g/mol. The highest BCUT2D eigenvalue weighted by Crippen LogP contribution is 2.17. The number of benzene rings is 1. The van der Waals surface area contributed by atoms with E-state index in [1.165, 1.54) is 0 Å². The van der Waals surface area contributed by atoms with E-state index in [9.17, 15) is 5.11 Å². The summed E-state index contributed by atoms with van der Waals surface area (Å²) in [7, 11) is 0. The van der Waals surface area contributed by atoms with Crippen molar-refractivity contribution < 1.29 is 5.11 Å². The number of nitrogens with two attached hydrogens (primary N) is 1. The molecule has 0 saturated carbocycles. The van der Waals surface area contributed by atoms with Crippen LogP contribution in [0, 0.1) is 0 Å². The lowest BCUT2D eigenvalue weighted by Crippen LogP contribution is -2.27. The van der Waals surface area contributed by atoms with E-state index in [0.717, 1.165) is 18.4 Å². The van der Waals surface area contributed by atoms with Gasteiger partial charge in [0, 0.05) is 6.04 Å². The molecule has 72 valence electrons. The van der Waals surface area contributed by atoms with Crippen molar-refractivity contribution in [3.63, 3.8) is 0 Å². The Balaban J connectivity index is 2.62. The maximum absolute atomic E-state index is 9.80. The van der Waals surface area contributed by atoms with E-state index in [0.29, 0.717) is 0 Å². The van der Waals surface area contributed by atoms with Crippen molar-refractivity contribution in [3.05, 3.63) is 35.9 Å². The van der Waals surface area contributed by atoms with Crippen LogP contribution in [-0.2, 0) is 0 Å². The van der Waals surface area contributed by atoms with Crippen molar-refractivity contribution in [2.24, 2.45) is 5.73 Å². The summed E-state index contributed by atoms with van der Waals surface area (Å²) in [5, 5.41) is 9.80.